The van der Waals surface area contributed by atoms with Crippen LogP contribution in [-0.4, -0.2) is 64.7 Å². The van der Waals surface area contributed by atoms with Gasteiger partial charge in [0.15, 0.2) is 5.43 Å². The van der Waals surface area contributed by atoms with Gasteiger partial charge in [-0.3, -0.25) is 9.79 Å². The Kier molecular flexibility index (Phi) is 8.57. The molecule has 1 saturated heterocycles. The van der Waals surface area contributed by atoms with Crippen molar-refractivity contribution in [1.29, 1.82) is 0 Å². The number of hydrogen-bond donors (Lipinski definition) is 2. The molecule has 1 aromatic carbocycles. The van der Waals surface area contributed by atoms with Crippen molar-refractivity contribution in [2.24, 2.45) is 16.1 Å². The summed E-state index contributed by atoms with van der Waals surface area (Å²) in [4.78, 5) is 43.4. The summed E-state index contributed by atoms with van der Waals surface area (Å²) < 4.78 is 13.2. The van der Waals surface area contributed by atoms with E-state index in [4.69, 9.17) is 20.2 Å². The maximum absolute atomic E-state index is 12.7. The van der Waals surface area contributed by atoms with E-state index in [0.717, 1.165) is 16.7 Å². The molecular formula is C32H42N4O6. The van der Waals surface area contributed by atoms with Crippen molar-refractivity contribution in [2.45, 2.75) is 78.5 Å². The van der Waals surface area contributed by atoms with Gasteiger partial charge < -0.3 is 29.8 Å². The standard InChI is InChI=1S/C32H42N4O6/c1-31(2,3)28-13-19-12-23(27(41-7)14-22(19)25-15-26(37)24(29(38)39)18-36(25)28)20(16-33)17-34-21-8-10-35(11-9-21)30(40)42-32(4,5)6/h12,14-18,21,28H,8-11,13,33H2,1-7H3,(H,38,39). The first kappa shape index (κ1) is 30.9. The maximum atomic E-state index is 12.7. The molecule has 1 amide bonds. The number of carbonyl (C=O) groups is 2. The lowest BCUT2D eigenvalue weighted by Gasteiger charge is -2.39. The summed E-state index contributed by atoms with van der Waals surface area (Å²) >= 11 is 0. The van der Waals surface area contributed by atoms with E-state index < -0.39 is 17.0 Å². The van der Waals surface area contributed by atoms with E-state index in [9.17, 15) is 19.5 Å². The number of piperidine rings is 1. The zero-order valence-corrected chi connectivity index (χ0v) is 25.6. The summed E-state index contributed by atoms with van der Waals surface area (Å²) in [5.74, 6) is -0.679. The monoisotopic (exact) mass is 578 g/mol. The Morgan fingerprint density at radius 1 is 1.07 bits per heavy atom. The number of amides is 1. The normalized spacial score (nSPS) is 18.0. The molecule has 0 radical (unpaired) electrons. The maximum Gasteiger partial charge on any atom is 0.410 e. The predicted molar refractivity (Wildman–Crippen MR) is 163 cm³/mol. The Morgan fingerprint density at radius 3 is 2.29 bits per heavy atom. The molecule has 10 nitrogen and oxygen atoms in total. The molecule has 3 N–H and O–H groups in total. The lowest BCUT2D eigenvalue weighted by Crippen LogP contribution is -2.42. The van der Waals surface area contributed by atoms with Crippen LogP contribution >= 0.6 is 0 Å². The molecule has 10 heteroatoms. The summed E-state index contributed by atoms with van der Waals surface area (Å²) in [5, 5.41) is 9.59. The van der Waals surface area contributed by atoms with Crippen LogP contribution in [0.4, 0.5) is 4.79 Å². The summed E-state index contributed by atoms with van der Waals surface area (Å²) in [6.45, 7) is 13.0. The molecule has 226 valence electrons. The average molecular weight is 579 g/mol. The van der Waals surface area contributed by atoms with Gasteiger partial charge in [0, 0.05) is 60.5 Å². The number of rotatable bonds is 5. The first-order valence-electron chi connectivity index (χ1n) is 14.3. The van der Waals surface area contributed by atoms with Gasteiger partial charge in [-0.2, -0.15) is 0 Å². The van der Waals surface area contributed by atoms with E-state index in [1.807, 2.05) is 37.5 Å². The Hall–Kier alpha value is -4.08. The summed E-state index contributed by atoms with van der Waals surface area (Å²) in [7, 11) is 1.57. The number of aliphatic imine (C=N–C) groups is 1. The fraction of sp³-hybridized carbons (Fsp3) is 0.500. The lowest BCUT2D eigenvalue weighted by atomic mass is 9.78. The minimum absolute atomic E-state index is 0.0368. The number of fused-ring (bicyclic) bond motifs is 3. The molecular weight excluding hydrogens is 536 g/mol. The fourth-order valence-electron chi connectivity index (χ4n) is 5.55. The fourth-order valence-corrected chi connectivity index (χ4v) is 5.55. The second-order valence-electron chi connectivity index (χ2n) is 13.0. The summed E-state index contributed by atoms with van der Waals surface area (Å²) in [6, 6.07) is 5.27. The Morgan fingerprint density at radius 2 is 1.74 bits per heavy atom. The highest BCUT2D eigenvalue weighted by Gasteiger charge is 2.34. The third-order valence-electron chi connectivity index (χ3n) is 7.79. The minimum atomic E-state index is -1.24. The molecule has 2 aliphatic heterocycles. The molecule has 4 rings (SSSR count). The van der Waals surface area contributed by atoms with Gasteiger partial charge in [0.2, 0.25) is 0 Å². The first-order chi connectivity index (χ1) is 19.6. The molecule has 0 aliphatic carbocycles. The van der Waals surface area contributed by atoms with Crippen LogP contribution in [0.1, 0.15) is 81.9 Å². The number of nitrogens with zero attached hydrogens (tertiary/aromatic N) is 3. The third-order valence-corrected chi connectivity index (χ3v) is 7.79. The second-order valence-corrected chi connectivity index (χ2v) is 13.0. The first-order valence-corrected chi connectivity index (χ1v) is 14.3. The number of carboxylic acids is 1. The zero-order valence-electron chi connectivity index (χ0n) is 25.6. The van der Waals surface area contributed by atoms with Crippen LogP contribution in [0.25, 0.3) is 16.8 Å². The van der Waals surface area contributed by atoms with E-state index in [2.05, 4.69) is 20.8 Å². The molecule has 42 heavy (non-hydrogen) atoms. The number of carbonyl (C=O) groups excluding carboxylic acids is 1. The topological polar surface area (TPSA) is 136 Å². The van der Waals surface area contributed by atoms with Crippen molar-refractivity contribution in [3.8, 4) is 17.0 Å². The molecule has 1 atom stereocenters. The van der Waals surface area contributed by atoms with Gasteiger partial charge in [0.05, 0.1) is 18.8 Å². The molecule has 2 aromatic rings. The van der Waals surface area contributed by atoms with Crippen LogP contribution < -0.4 is 15.9 Å². The Labute approximate surface area is 246 Å². The summed E-state index contributed by atoms with van der Waals surface area (Å²) in [5.41, 5.74) is 8.50. The SMILES string of the molecule is COc1cc2c(cc1C(C=NC1CCN(C(=O)OC(C)(C)C)CC1)=CN)CC(C(C)(C)C)n1cc(C(=O)O)c(=O)cc1-2. The quantitative estimate of drug-likeness (QED) is 0.469. The molecule has 1 aromatic heterocycles. The third kappa shape index (κ3) is 6.53. The lowest BCUT2D eigenvalue weighted by molar-refractivity contribution is 0.0207. The van der Waals surface area contributed by atoms with Gasteiger partial charge in [-0.15, -0.1) is 0 Å². The number of aromatic nitrogens is 1. The van der Waals surface area contributed by atoms with E-state index in [-0.39, 0.29) is 29.2 Å². The van der Waals surface area contributed by atoms with Crippen LogP contribution in [0.2, 0.25) is 0 Å². The number of carboxylic acid groups (broad SMARTS) is 1. The van der Waals surface area contributed by atoms with E-state index in [1.165, 1.54) is 18.5 Å². The number of benzene rings is 1. The van der Waals surface area contributed by atoms with E-state index >= 15 is 0 Å². The molecule has 1 fully saturated rings. The minimum Gasteiger partial charge on any atom is -0.496 e. The highest BCUT2D eigenvalue weighted by Crippen LogP contribution is 2.45. The van der Waals surface area contributed by atoms with Gasteiger partial charge in [0.1, 0.15) is 16.9 Å². The van der Waals surface area contributed by atoms with Crippen molar-refractivity contribution in [3.63, 3.8) is 0 Å². The average Bonchev–Trinajstić information content (AvgIpc) is 2.90. The van der Waals surface area contributed by atoms with Crippen LogP contribution in [0.3, 0.4) is 0 Å². The number of aromatic carboxylic acids is 1. The number of likely N-dealkylation sites (tertiary alicyclic amines) is 1. The molecule has 2 aliphatic rings. The second kappa shape index (κ2) is 11.7. The van der Waals surface area contributed by atoms with Gasteiger partial charge >= 0.3 is 12.1 Å². The number of allylic oxidation sites excluding steroid dienone is 1. The summed E-state index contributed by atoms with van der Waals surface area (Å²) in [6.07, 6.45) is 6.49. The van der Waals surface area contributed by atoms with Crippen LogP contribution in [0.15, 0.2) is 40.4 Å². The smallest absolute Gasteiger partial charge is 0.410 e. The Bertz CT molecular complexity index is 1480. The molecule has 1 unspecified atom stereocenters. The largest absolute Gasteiger partial charge is 0.496 e. The van der Waals surface area contributed by atoms with Gasteiger partial charge in [-0.1, -0.05) is 20.8 Å². The molecule has 0 saturated carbocycles. The van der Waals surface area contributed by atoms with Crippen LogP contribution in [0, 0.1) is 5.41 Å². The highest BCUT2D eigenvalue weighted by molar-refractivity contribution is 6.11. The number of pyridine rings is 1. The predicted octanol–water partition coefficient (Wildman–Crippen LogP) is 5.14. The zero-order chi connectivity index (χ0) is 31.0. The Balaban J connectivity index is 1.64. The number of methoxy groups -OCH3 is 1. The van der Waals surface area contributed by atoms with Crippen LogP contribution in [0.5, 0.6) is 5.75 Å². The molecule has 0 spiro atoms. The molecule has 0 bridgehead atoms. The van der Waals surface area contributed by atoms with Gasteiger partial charge in [0.25, 0.3) is 0 Å². The highest BCUT2D eigenvalue weighted by atomic mass is 16.6. The van der Waals surface area contributed by atoms with Gasteiger partial charge in [-0.05, 0) is 63.1 Å². The van der Waals surface area contributed by atoms with Crippen molar-refractivity contribution < 1.29 is 24.2 Å². The number of nitrogens with two attached hydrogens (primary N) is 1. The molecule has 3 heterocycles. The number of hydrogen-bond acceptors (Lipinski definition) is 7. The van der Waals surface area contributed by atoms with Crippen molar-refractivity contribution in [1.82, 2.24) is 9.47 Å². The van der Waals surface area contributed by atoms with E-state index in [0.29, 0.717) is 49.4 Å². The van der Waals surface area contributed by atoms with Crippen molar-refractivity contribution in [3.05, 3.63) is 57.5 Å². The van der Waals surface area contributed by atoms with Gasteiger partial charge in [-0.25, -0.2) is 9.59 Å². The number of ether oxygens (including phenoxy) is 2. The van der Waals surface area contributed by atoms with Crippen molar-refractivity contribution in [2.75, 3.05) is 20.2 Å². The van der Waals surface area contributed by atoms with Crippen LogP contribution in [-0.2, 0) is 11.2 Å². The van der Waals surface area contributed by atoms with Crippen molar-refractivity contribution >= 4 is 23.9 Å². The van der Waals surface area contributed by atoms with E-state index in [1.54, 1.807) is 18.2 Å².